The number of ether oxygens (including phenoxy) is 1. The smallest absolute Gasteiger partial charge is 0.236 e. The van der Waals surface area contributed by atoms with Crippen LogP contribution in [-0.4, -0.2) is 34.6 Å². The standard InChI is InChI=1S/C21H21F2N7O/c1-21(7-3-4-8-21)15-10-18-25-26-19(14-6-5-13(22)9-16(14)23)30(18)28-20(15)31-11-17-24-12-29(2)27-17/h5-6,9-10,12H,3-4,7-8,11H2,1-2H3. The minimum Gasteiger partial charge on any atom is -0.468 e. The Kier molecular flexibility index (Phi) is 4.64. The monoisotopic (exact) mass is 425 g/mol. The van der Waals surface area contributed by atoms with Crippen molar-refractivity contribution >= 4 is 5.65 Å². The second-order valence-electron chi connectivity index (χ2n) is 8.17. The summed E-state index contributed by atoms with van der Waals surface area (Å²) < 4.78 is 36.9. The third-order valence-corrected chi connectivity index (χ3v) is 5.87. The Morgan fingerprint density at radius 2 is 1.90 bits per heavy atom. The molecule has 1 fully saturated rings. The highest BCUT2D eigenvalue weighted by Crippen LogP contribution is 2.44. The molecule has 0 amide bonds. The van der Waals surface area contributed by atoms with Gasteiger partial charge in [0.2, 0.25) is 5.88 Å². The van der Waals surface area contributed by atoms with E-state index in [1.54, 1.807) is 18.1 Å². The molecule has 1 aromatic carbocycles. The second-order valence-corrected chi connectivity index (χ2v) is 8.17. The minimum absolute atomic E-state index is 0.102. The largest absolute Gasteiger partial charge is 0.468 e. The third kappa shape index (κ3) is 3.51. The van der Waals surface area contributed by atoms with Gasteiger partial charge in [0.05, 0.1) is 5.56 Å². The molecule has 3 heterocycles. The predicted octanol–water partition coefficient (Wildman–Crippen LogP) is 3.61. The van der Waals surface area contributed by atoms with Crippen molar-refractivity contribution in [3.05, 3.63) is 53.6 Å². The number of fused-ring (bicyclic) bond motifs is 1. The van der Waals surface area contributed by atoms with E-state index < -0.39 is 11.6 Å². The van der Waals surface area contributed by atoms with Gasteiger partial charge in [-0.3, -0.25) is 4.68 Å². The summed E-state index contributed by atoms with van der Waals surface area (Å²) in [7, 11) is 1.78. The van der Waals surface area contributed by atoms with Crippen LogP contribution in [0.1, 0.15) is 44.0 Å². The van der Waals surface area contributed by atoms with Crippen LogP contribution >= 0.6 is 0 Å². The van der Waals surface area contributed by atoms with E-state index >= 15 is 0 Å². The van der Waals surface area contributed by atoms with Crippen molar-refractivity contribution in [2.24, 2.45) is 7.05 Å². The predicted molar refractivity (Wildman–Crippen MR) is 107 cm³/mol. The van der Waals surface area contributed by atoms with E-state index in [-0.39, 0.29) is 23.4 Å². The van der Waals surface area contributed by atoms with Crippen LogP contribution < -0.4 is 4.74 Å². The van der Waals surface area contributed by atoms with Gasteiger partial charge in [-0.05, 0) is 36.5 Å². The molecule has 3 aromatic heterocycles. The average molecular weight is 425 g/mol. The fourth-order valence-corrected chi connectivity index (χ4v) is 4.20. The van der Waals surface area contributed by atoms with Crippen molar-refractivity contribution in [1.82, 2.24) is 34.6 Å². The molecule has 5 rings (SSSR count). The van der Waals surface area contributed by atoms with E-state index in [2.05, 4.69) is 32.3 Å². The summed E-state index contributed by atoms with van der Waals surface area (Å²) in [4.78, 5) is 4.20. The molecule has 8 nitrogen and oxygen atoms in total. The lowest BCUT2D eigenvalue weighted by Gasteiger charge is -2.25. The Hall–Kier alpha value is -3.43. The van der Waals surface area contributed by atoms with Gasteiger partial charge in [-0.25, -0.2) is 13.8 Å². The van der Waals surface area contributed by atoms with Crippen LogP contribution in [0.5, 0.6) is 5.88 Å². The van der Waals surface area contributed by atoms with Gasteiger partial charge < -0.3 is 4.74 Å². The second kappa shape index (κ2) is 7.36. The SMILES string of the molecule is Cn1cnc(COc2nn3c(-c4ccc(F)cc4F)nnc3cc2C2(C)CCCC2)n1. The van der Waals surface area contributed by atoms with Crippen LogP contribution in [-0.2, 0) is 19.1 Å². The van der Waals surface area contributed by atoms with Gasteiger partial charge in [0.25, 0.3) is 0 Å². The van der Waals surface area contributed by atoms with Crippen LogP contribution in [0.4, 0.5) is 8.78 Å². The topological polar surface area (TPSA) is 83.0 Å². The summed E-state index contributed by atoms with van der Waals surface area (Å²) in [5.74, 6) is -0.278. The molecule has 160 valence electrons. The van der Waals surface area contributed by atoms with Gasteiger partial charge in [0.15, 0.2) is 23.9 Å². The van der Waals surface area contributed by atoms with Crippen molar-refractivity contribution in [2.75, 3.05) is 0 Å². The van der Waals surface area contributed by atoms with E-state index in [4.69, 9.17) is 4.74 Å². The first-order chi connectivity index (χ1) is 14.9. The zero-order chi connectivity index (χ0) is 21.6. The van der Waals surface area contributed by atoms with E-state index in [9.17, 15) is 8.78 Å². The van der Waals surface area contributed by atoms with Gasteiger partial charge in [-0.1, -0.05) is 19.8 Å². The van der Waals surface area contributed by atoms with Gasteiger partial charge in [0.1, 0.15) is 18.0 Å². The Balaban J connectivity index is 1.61. The fourth-order valence-electron chi connectivity index (χ4n) is 4.20. The molecule has 1 aliphatic carbocycles. The van der Waals surface area contributed by atoms with Crippen molar-refractivity contribution in [2.45, 2.75) is 44.6 Å². The zero-order valence-corrected chi connectivity index (χ0v) is 17.2. The summed E-state index contributed by atoms with van der Waals surface area (Å²) >= 11 is 0. The molecule has 0 radical (unpaired) electrons. The average Bonchev–Trinajstić information content (AvgIpc) is 3.46. The number of halogens is 2. The van der Waals surface area contributed by atoms with E-state index in [0.717, 1.165) is 37.3 Å². The molecule has 0 spiro atoms. The maximum absolute atomic E-state index is 14.4. The van der Waals surface area contributed by atoms with Gasteiger partial charge in [0, 0.05) is 18.7 Å². The lowest BCUT2D eigenvalue weighted by atomic mass is 9.81. The molecule has 4 aromatic rings. The highest BCUT2D eigenvalue weighted by molar-refractivity contribution is 5.60. The number of aromatic nitrogens is 7. The number of rotatable bonds is 5. The first-order valence-electron chi connectivity index (χ1n) is 10.1. The molecule has 0 bridgehead atoms. The first kappa shape index (κ1) is 19.5. The Labute approximate surface area is 176 Å². The van der Waals surface area contributed by atoms with Crippen molar-refractivity contribution in [3.63, 3.8) is 0 Å². The van der Waals surface area contributed by atoms with Crippen LogP contribution in [0.2, 0.25) is 0 Å². The highest BCUT2D eigenvalue weighted by atomic mass is 19.1. The minimum atomic E-state index is -0.733. The number of hydrogen-bond donors (Lipinski definition) is 0. The zero-order valence-electron chi connectivity index (χ0n) is 17.2. The highest BCUT2D eigenvalue weighted by Gasteiger charge is 2.35. The van der Waals surface area contributed by atoms with E-state index in [0.29, 0.717) is 17.4 Å². The first-order valence-corrected chi connectivity index (χ1v) is 10.1. The summed E-state index contributed by atoms with van der Waals surface area (Å²) in [6.45, 7) is 2.33. The number of hydrogen-bond acceptors (Lipinski definition) is 6. The van der Waals surface area contributed by atoms with Crippen molar-refractivity contribution in [3.8, 4) is 17.3 Å². The number of nitrogens with zero attached hydrogens (tertiary/aromatic N) is 7. The maximum atomic E-state index is 14.4. The molecule has 1 aliphatic rings. The van der Waals surface area contributed by atoms with Crippen molar-refractivity contribution < 1.29 is 13.5 Å². The molecular formula is C21H21F2N7O. The molecule has 0 atom stereocenters. The fraction of sp³-hybridized carbons (Fsp3) is 0.381. The molecule has 31 heavy (non-hydrogen) atoms. The maximum Gasteiger partial charge on any atom is 0.236 e. The Bertz CT molecular complexity index is 1260. The van der Waals surface area contributed by atoms with Crippen LogP contribution in [0.3, 0.4) is 0 Å². The normalized spacial score (nSPS) is 15.6. The van der Waals surface area contributed by atoms with Gasteiger partial charge >= 0.3 is 0 Å². The lowest BCUT2D eigenvalue weighted by molar-refractivity contribution is 0.268. The summed E-state index contributed by atoms with van der Waals surface area (Å²) in [5.41, 5.74) is 1.42. The molecule has 0 N–H and O–H groups in total. The summed E-state index contributed by atoms with van der Waals surface area (Å²) in [6, 6.07) is 5.22. The van der Waals surface area contributed by atoms with Gasteiger partial charge in [-0.15, -0.1) is 15.3 Å². The van der Waals surface area contributed by atoms with Crippen LogP contribution in [0, 0.1) is 11.6 Å². The molecule has 0 saturated heterocycles. The molecule has 1 saturated carbocycles. The van der Waals surface area contributed by atoms with Gasteiger partial charge in [-0.2, -0.15) is 9.61 Å². The number of benzene rings is 1. The van der Waals surface area contributed by atoms with Crippen molar-refractivity contribution in [1.29, 1.82) is 0 Å². The number of aryl methyl sites for hydroxylation is 1. The van der Waals surface area contributed by atoms with E-state index in [1.165, 1.54) is 16.6 Å². The summed E-state index contributed by atoms with van der Waals surface area (Å²) in [6.07, 6.45) is 5.88. The summed E-state index contributed by atoms with van der Waals surface area (Å²) in [5, 5.41) is 17.2. The lowest BCUT2D eigenvalue weighted by Crippen LogP contribution is -2.20. The van der Waals surface area contributed by atoms with Crippen LogP contribution in [0.15, 0.2) is 30.6 Å². The Morgan fingerprint density at radius 1 is 1.10 bits per heavy atom. The third-order valence-electron chi connectivity index (χ3n) is 5.87. The van der Waals surface area contributed by atoms with Crippen LogP contribution in [0.25, 0.3) is 17.0 Å². The molecular weight excluding hydrogens is 404 g/mol. The van der Waals surface area contributed by atoms with E-state index in [1.807, 2.05) is 6.07 Å². The quantitative estimate of drug-likeness (QED) is 0.486. The molecule has 0 aliphatic heterocycles. The molecule has 0 unspecified atom stereocenters. The Morgan fingerprint density at radius 3 is 2.61 bits per heavy atom. The molecule has 10 heteroatoms.